The molecule has 1 unspecified atom stereocenters. The summed E-state index contributed by atoms with van der Waals surface area (Å²) in [6.45, 7) is 12.1. The number of sulfonamides is 1. The maximum Gasteiger partial charge on any atom is 0.251 e. The molecule has 5 nitrogen and oxygen atoms in total. The van der Waals surface area contributed by atoms with Gasteiger partial charge >= 0.3 is 0 Å². The lowest BCUT2D eigenvalue weighted by Gasteiger charge is -2.21. The van der Waals surface area contributed by atoms with Crippen LogP contribution in [-0.2, 0) is 10.0 Å². The van der Waals surface area contributed by atoms with E-state index in [1.165, 1.54) is 10.4 Å². The van der Waals surface area contributed by atoms with E-state index in [1.54, 1.807) is 32.9 Å². The fourth-order valence-electron chi connectivity index (χ4n) is 2.18. The fourth-order valence-corrected chi connectivity index (χ4v) is 3.89. The van der Waals surface area contributed by atoms with Gasteiger partial charge in [0.2, 0.25) is 10.0 Å². The summed E-state index contributed by atoms with van der Waals surface area (Å²) in [6, 6.07) is 4.85. The summed E-state index contributed by atoms with van der Waals surface area (Å²) >= 11 is 0. The lowest BCUT2D eigenvalue weighted by atomic mass is 10.1. The minimum Gasteiger partial charge on any atom is -0.349 e. The lowest BCUT2D eigenvalue weighted by Crippen LogP contribution is -2.36. The van der Waals surface area contributed by atoms with Gasteiger partial charge in [-0.3, -0.25) is 4.79 Å². The largest absolute Gasteiger partial charge is 0.349 e. The second-order valence-electron chi connectivity index (χ2n) is 6.08. The van der Waals surface area contributed by atoms with Crippen LogP contribution in [0.4, 0.5) is 0 Å². The van der Waals surface area contributed by atoms with Crippen molar-refractivity contribution in [3.63, 3.8) is 0 Å². The third-order valence-corrected chi connectivity index (χ3v) is 6.32. The van der Waals surface area contributed by atoms with E-state index >= 15 is 0 Å². The number of nitrogens with zero attached hydrogens (tertiary/aromatic N) is 1. The highest BCUT2D eigenvalue weighted by Gasteiger charge is 2.25. The molecule has 0 aliphatic heterocycles. The van der Waals surface area contributed by atoms with Crippen molar-refractivity contribution in [1.29, 1.82) is 0 Å². The van der Waals surface area contributed by atoms with E-state index < -0.39 is 10.0 Å². The Morgan fingerprint density at radius 1 is 1.17 bits per heavy atom. The first-order chi connectivity index (χ1) is 10.6. The fraction of sp³-hybridized carbons (Fsp3) is 0.588. The summed E-state index contributed by atoms with van der Waals surface area (Å²) in [5.74, 6) is 0.0606. The van der Waals surface area contributed by atoms with Gasteiger partial charge in [-0.25, -0.2) is 8.42 Å². The van der Waals surface area contributed by atoms with Gasteiger partial charge in [0, 0.05) is 24.7 Å². The van der Waals surface area contributed by atoms with Gasteiger partial charge in [0.15, 0.2) is 0 Å². The molecule has 1 rings (SSSR count). The molecule has 0 aliphatic rings. The van der Waals surface area contributed by atoms with Crippen LogP contribution in [0.25, 0.3) is 0 Å². The van der Waals surface area contributed by atoms with Crippen molar-refractivity contribution in [2.75, 3.05) is 13.1 Å². The van der Waals surface area contributed by atoms with Crippen LogP contribution in [0.2, 0.25) is 0 Å². The number of benzene rings is 1. The molecule has 0 saturated carbocycles. The first kappa shape index (κ1) is 19.6. The molecule has 0 radical (unpaired) electrons. The molecule has 1 N–H and O–H groups in total. The number of aryl methyl sites for hydroxylation is 1. The first-order valence-corrected chi connectivity index (χ1v) is 9.50. The van der Waals surface area contributed by atoms with Gasteiger partial charge < -0.3 is 5.32 Å². The second-order valence-corrected chi connectivity index (χ2v) is 7.98. The van der Waals surface area contributed by atoms with Crippen molar-refractivity contribution in [3.8, 4) is 0 Å². The summed E-state index contributed by atoms with van der Waals surface area (Å²) in [5, 5.41) is 2.90. The van der Waals surface area contributed by atoms with Gasteiger partial charge in [0.25, 0.3) is 5.91 Å². The standard InChI is InChI=1S/C17H28N2O3S/c1-7-19(8-2)23(21,22)16-11-15(10-9-13(16)5)17(20)18-14(6)12(3)4/h9-12,14H,7-8H2,1-6H3,(H,18,20). The van der Waals surface area contributed by atoms with Crippen molar-refractivity contribution >= 4 is 15.9 Å². The zero-order valence-corrected chi connectivity index (χ0v) is 15.7. The molecule has 1 aromatic rings. The molecule has 0 bridgehead atoms. The minimum atomic E-state index is -3.58. The van der Waals surface area contributed by atoms with Crippen molar-refractivity contribution in [3.05, 3.63) is 29.3 Å². The van der Waals surface area contributed by atoms with Crippen molar-refractivity contribution in [1.82, 2.24) is 9.62 Å². The zero-order valence-electron chi connectivity index (χ0n) is 14.9. The second kappa shape index (κ2) is 7.93. The average molecular weight is 340 g/mol. The monoisotopic (exact) mass is 340 g/mol. The molecule has 0 spiro atoms. The average Bonchev–Trinajstić information content (AvgIpc) is 2.48. The quantitative estimate of drug-likeness (QED) is 0.830. The van der Waals surface area contributed by atoms with E-state index in [4.69, 9.17) is 0 Å². The number of carbonyl (C=O) groups excluding carboxylic acids is 1. The number of rotatable bonds is 7. The van der Waals surface area contributed by atoms with Crippen LogP contribution >= 0.6 is 0 Å². The Balaban J connectivity index is 3.21. The van der Waals surface area contributed by atoms with E-state index in [-0.39, 0.29) is 16.8 Å². The van der Waals surface area contributed by atoms with Crippen molar-refractivity contribution in [2.24, 2.45) is 5.92 Å². The Morgan fingerprint density at radius 3 is 2.22 bits per heavy atom. The van der Waals surface area contributed by atoms with Gasteiger partial charge in [-0.1, -0.05) is 33.8 Å². The van der Waals surface area contributed by atoms with Gasteiger partial charge in [-0.2, -0.15) is 4.31 Å². The molecular formula is C17H28N2O3S. The van der Waals surface area contributed by atoms with Crippen LogP contribution in [0, 0.1) is 12.8 Å². The Kier molecular flexibility index (Phi) is 6.77. The molecule has 6 heteroatoms. The van der Waals surface area contributed by atoms with Gasteiger partial charge in [0.1, 0.15) is 0 Å². The molecule has 0 aliphatic carbocycles. The van der Waals surface area contributed by atoms with E-state index in [0.717, 1.165) is 0 Å². The Hall–Kier alpha value is -1.40. The molecule has 0 aromatic heterocycles. The highest BCUT2D eigenvalue weighted by Crippen LogP contribution is 2.21. The highest BCUT2D eigenvalue weighted by molar-refractivity contribution is 7.89. The van der Waals surface area contributed by atoms with Crippen LogP contribution in [0.3, 0.4) is 0 Å². The lowest BCUT2D eigenvalue weighted by molar-refractivity contribution is 0.0930. The van der Waals surface area contributed by atoms with Crippen molar-refractivity contribution < 1.29 is 13.2 Å². The first-order valence-electron chi connectivity index (χ1n) is 8.06. The predicted molar refractivity (Wildman–Crippen MR) is 93.1 cm³/mol. The molecule has 130 valence electrons. The molecule has 0 heterocycles. The van der Waals surface area contributed by atoms with Gasteiger partial charge in [-0.05, 0) is 37.5 Å². The van der Waals surface area contributed by atoms with E-state index in [1.807, 2.05) is 20.8 Å². The van der Waals surface area contributed by atoms with E-state index in [9.17, 15) is 13.2 Å². The molecule has 23 heavy (non-hydrogen) atoms. The molecule has 0 fully saturated rings. The predicted octanol–water partition coefficient (Wildman–Crippen LogP) is 2.80. The zero-order chi connectivity index (χ0) is 17.8. The van der Waals surface area contributed by atoms with Crippen molar-refractivity contribution in [2.45, 2.75) is 52.5 Å². The van der Waals surface area contributed by atoms with Crippen LogP contribution in [0.1, 0.15) is 50.5 Å². The van der Waals surface area contributed by atoms with E-state index in [0.29, 0.717) is 30.1 Å². The Labute approximate surface area is 140 Å². The van der Waals surface area contributed by atoms with Crippen LogP contribution in [-0.4, -0.2) is 37.8 Å². The minimum absolute atomic E-state index is 0.0200. The Bertz CT molecular complexity index is 650. The Morgan fingerprint density at radius 2 is 1.74 bits per heavy atom. The van der Waals surface area contributed by atoms with Gasteiger partial charge in [0.05, 0.1) is 4.90 Å². The van der Waals surface area contributed by atoms with Crippen LogP contribution < -0.4 is 5.32 Å². The normalized spacial score (nSPS) is 13.4. The summed E-state index contributed by atoms with van der Waals surface area (Å²) in [5.41, 5.74) is 1.01. The van der Waals surface area contributed by atoms with Gasteiger partial charge in [-0.15, -0.1) is 0 Å². The number of amides is 1. The maximum atomic E-state index is 12.7. The third-order valence-electron chi connectivity index (χ3n) is 4.13. The number of hydrogen-bond acceptors (Lipinski definition) is 3. The molecule has 1 amide bonds. The SMILES string of the molecule is CCN(CC)S(=O)(=O)c1cc(C(=O)NC(C)C(C)C)ccc1C. The number of nitrogens with one attached hydrogen (secondary N) is 1. The molecule has 0 saturated heterocycles. The summed E-state index contributed by atoms with van der Waals surface area (Å²) in [4.78, 5) is 12.5. The van der Waals surface area contributed by atoms with E-state index in [2.05, 4.69) is 5.32 Å². The summed E-state index contributed by atoms with van der Waals surface area (Å²) < 4.78 is 26.8. The molecular weight excluding hydrogens is 312 g/mol. The summed E-state index contributed by atoms with van der Waals surface area (Å²) in [6.07, 6.45) is 0. The third kappa shape index (κ3) is 4.54. The topological polar surface area (TPSA) is 66.5 Å². The van der Waals surface area contributed by atoms with Crippen LogP contribution in [0.5, 0.6) is 0 Å². The highest BCUT2D eigenvalue weighted by atomic mass is 32.2. The van der Waals surface area contributed by atoms with Crippen LogP contribution in [0.15, 0.2) is 23.1 Å². The summed E-state index contributed by atoms with van der Waals surface area (Å²) in [7, 11) is -3.58. The molecule has 1 aromatic carbocycles. The molecule has 1 atom stereocenters. The number of carbonyl (C=O) groups is 1. The number of hydrogen-bond donors (Lipinski definition) is 1. The maximum absolute atomic E-state index is 12.7. The smallest absolute Gasteiger partial charge is 0.251 e.